The first-order valence-corrected chi connectivity index (χ1v) is 9.61. The molecule has 2 aliphatic rings. The smallest absolute Gasteiger partial charge is 0.234 e. The second kappa shape index (κ2) is 7.92. The van der Waals surface area contributed by atoms with Crippen LogP contribution in [-0.4, -0.2) is 54.5 Å². The molecule has 0 spiro atoms. The highest BCUT2D eigenvalue weighted by molar-refractivity contribution is 6.03. The summed E-state index contributed by atoms with van der Waals surface area (Å²) >= 11 is 0. The molecule has 0 aliphatic carbocycles. The van der Waals surface area contributed by atoms with Gasteiger partial charge in [0.2, 0.25) is 11.8 Å². The molecule has 2 amide bonds. The van der Waals surface area contributed by atoms with Crippen LogP contribution in [0, 0.1) is 5.92 Å². The van der Waals surface area contributed by atoms with E-state index < -0.39 is 0 Å². The number of benzene rings is 2. The first kappa shape index (κ1) is 17.7. The summed E-state index contributed by atoms with van der Waals surface area (Å²) in [5, 5.41) is 0. The second-order valence-corrected chi connectivity index (χ2v) is 7.33. The van der Waals surface area contributed by atoms with Gasteiger partial charge in [-0.2, -0.15) is 0 Å². The molecule has 4 rings (SSSR count). The number of carbonyl (C=O) groups is 2. The molecule has 0 N–H and O–H groups in total. The van der Waals surface area contributed by atoms with Gasteiger partial charge in [0.15, 0.2) is 0 Å². The van der Waals surface area contributed by atoms with E-state index in [0.29, 0.717) is 19.5 Å². The molecule has 2 saturated heterocycles. The third kappa shape index (κ3) is 4.03. The van der Waals surface area contributed by atoms with Crippen molar-refractivity contribution in [3.05, 3.63) is 66.2 Å². The van der Waals surface area contributed by atoms with Gasteiger partial charge in [-0.15, -0.1) is 0 Å². The van der Waals surface area contributed by atoms with Crippen molar-refractivity contribution in [1.82, 2.24) is 9.80 Å². The Morgan fingerprint density at radius 2 is 1.44 bits per heavy atom. The number of para-hydroxylation sites is 1. The van der Waals surface area contributed by atoms with Gasteiger partial charge in [0, 0.05) is 38.3 Å². The highest BCUT2D eigenvalue weighted by Gasteiger charge is 2.39. The Morgan fingerprint density at radius 3 is 2.11 bits per heavy atom. The van der Waals surface area contributed by atoms with E-state index in [1.165, 1.54) is 10.6 Å². The molecule has 2 aromatic rings. The normalized spacial score (nSPS) is 21.1. The lowest BCUT2D eigenvalue weighted by atomic mass is 9.98. The van der Waals surface area contributed by atoms with Crippen LogP contribution in [0.1, 0.15) is 12.0 Å². The predicted octanol–water partition coefficient (Wildman–Crippen LogP) is 2.38. The fourth-order valence-corrected chi connectivity index (χ4v) is 3.94. The van der Waals surface area contributed by atoms with Gasteiger partial charge in [-0.1, -0.05) is 48.5 Å². The summed E-state index contributed by atoms with van der Waals surface area (Å²) in [6, 6.07) is 20.3. The van der Waals surface area contributed by atoms with Crippen LogP contribution in [0.5, 0.6) is 0 Å². The Hall–Kier alpha value is -2.66. The third-order valence-electron chi connectivity index (χ3n) is 5.50. The Bertz CT molecular complexity index is 786. The summed E-state index contributed by atoms with van der Waals surface area (Å²) in [6.45, 7) is 3.96. The number of imide groups is 1. The summed E-state index contributed by atoms with van der Waals surface area (Å²) in [7, 11) is 0. The number of nitrogens with zero attached hydrogens (tertiary/aromatic N) is 3. The third-order valence-corrected chi connectivity index (χ3v) is 5.50. The summed E-state index contributed by atoms with van der Waals surface area (Å²) in [4.78, 5) is 31.2. The van der Waals surface area contributed by atoms with E-state index in [0.717, 1.165) is 31.7 Å². The lowest BCUT2D eigenvalue weighted by Gasteiger charge is -2.37. The monoisotopic (exact) mass is 363 g/mol. The average molecular weight is 363 g/mol. The molecule has 5 nitrogen and oxygen atoms in total. The van der Waals surface area contributed by atoms with Gasteiger partial charge in [0.25, 0.3) is 0 Å². The number of piperazine rings is 1. The van der Waals surface area contributed by atoms with Crippen molar-refractivity contribution in [3.8, 4) is 0 Å². The molecule has 27 heavy (non-hydrogen) atoms. The highest BCUT2D eigenvalue weighted by atomic mass is 16.2. The lowest BCUT2D eigenvalue weighted by molar-refractivity contribution is -0.141. The summed E-state index contributed by atoms with van der Waals surface area (Å²) in [5.74, 6) is -0.272. The number of anilines is 1. The van der Waals surface area contributed by atoms with Crippen molar-refractivity contribution >= 4 is 17.5 Å². The van der Waals surface area contributed by atoms with E-state index in [9.17, 15) is 9.59 Å². The van der Waals surface area contributed by atoms with Crippen LogP contribution in [-0.2, 0) is 16.0 Å². The van der Waals surface area contributed by atoms with Crippen molar-refractivity contribution in [3.63, 3.8) is 0 Å². The minimum atomic E-state index is -0.217. The van der Waals surface area contributed by atoms with Crippen molar-refractivity contribution in [1.29, 1.82) is 0 Å². The second-order valence-electron chi connectivity index (χ2n) is 7.33. The van der Waals surface area contributed by atoms with Gasteiger partial charge in [0.1, 0.15) is 0 Å². The Kier molecular flexibility index (Phi) is 5.21. The molecule has 2 fully saturated rings. The first-order valence-electron chi connectivity index (χ1n) is 9.61. The fraction of sp³-hybridized carbons (Fsp3) is 0.364. The topological polar surface area (TPSA) is 43.9 Å². The quantitative estimate of drug-likeness (QED) is 0.765. The predicted molar refractivity (Wildman–Crippen MR) is 105 cm³/mol. The minimum absolute atomic E-state index is 0.0191. The lowest BCUT2D eigenvalue weighted by Crippen LogP contribution is -2.51. The van der Waals surface area contributed by atoms with Crippen LogP contribution < -0.4 is 4.90 Å². The van der Waals surface area contributed by atoms with Gasteiger partial charge in [-0.05, 0) is 24.1 Å². The number of likely N-dealkylation sites (tertiary alicyclic amines) is 1. The van der Waals surface area contributed by atoms with E-state index in [1.807, 2.05) is 36.4 Å². The molecule has 0 bridgehead atoms. The van der Waals surface area contributed by atoms with E-state index in [1.54, 1.807) is 0 Å². The maximum atomic E-state index is 12.7. The highest BCUT2D eigenvalue weighted by Crippen LogP contribution is 2.24. The molecule has 5 heteroatoms. The molecular formula is C22H25N3O2. The molecule has 1 unspecified atom stereocenters. The van der Waals surface area contributed by atoms with E-state index in [-0.39, 0.29) is 17.7 Å². The number of carbonyl (C=O) groups excluding carboxylic acids is 2. The van der Waals surface area contributed by atoms with Crippen LogP contribution in [0.2, 0.25) is 0 Å². The van der Waals surface area contributed by atoms with Gasteiger partial charge in [0.05, 0.1) is 12.6 Å². The Labute approximate surface area is 160 Å². The SMILES string of the molecule is O=C1CC(Cc2ccccc2)C(=O)N1CN1CCN(c2ccccc2)CC1. The van der Waals surface area contributed by atoms with Crippen LogP contribution in [0.15, 0.2) is 60.7 Å². The zero-order valence-corrected chi connectivity index (χ0v) is 15.5. The molecule has 2 aromatic carbocycles. The largest absolute Gasteiger partial charge is 0.369 e. The molecular weight excluding hydrogens is 338 g/mol. The minimum Gasteiger partial charge on any atom is -0.369 e. The molecule has 1 atom stereocenters. The van der Waals surface area contributed by atoms with E-state index >= 15 is 0 Å². The molecule has 0 saturated carbocycles. The maximum Gasteiger partial charge on any atom is 0.234 e. The number of rotatable bonds is 5. The van der Waals surface area contributed by atoms with Crippen LogP contribution in [0.25, 0.3) is 0 Å². The van der Waals surface area contributed by atoms with Gasteiger partial charge < -0.3 is 4.90 Å². The van der Waals surface area contributed by atoms with Crippen molar-refractivity contribution in [2.24, 2.45) is 5.92 Å². The molecule has 2 aliphatic heterocycles. The van der Waals surface area contributed by atoms with Crippen molar-refractivity contribution in [2.45, 2.75) is 12.8 Å². The van der Waals surface area contributed by atoms with Crippen LogP contribution >= 0.6 is 0 Å². The molecule has 2 heterocycles. The summed E-state index contributed by atoms with van der Waals surface area (Å²) in [5.41, 5.74) is 2.34. The van der Waals surface area contributed by atoms with Crippen molar-refractivity contribution < 1.29 is 9.59 Å². The fourth-order valence-electron chi connectivity index (χ4n) is 3.94. The van der Waals surface area contributed by atoms with Gasteiger partial charge in [-0.3, -0.25) is 19.4 Å². The average Bonchev–Trinajstić information content (AvgIpc) is 2.97. The van der Waals surface area contributed by atoms with Crippen LogP contribution in [0.4, 0.5) is 5.69 Å². The van der Waals surface area contributed by atoms with E-state index in [2.05, 4.69) is 34.1 Å². The van der Waals surface area contributed by atoms with Gasteiger partial charge in [-0.25, -0.2) is 0 Å². The maximum absolute atomic E-state index is 12.7. The Balaban J connectivity index is 1.32. The summed E-state index contributed by atoms with van der Waals surface area (Å²) < 4.78 is 0. The zero-order valence-electron chi connectivity index (χ0n) is 15.5. The number of amides is 2. The zero-order chi connectivity index (χ0) is 18.6. The summed E-state index contributed by atoms with van der Waals surface area (Å²) in [6.07, 6.45) is 0.974. The number of hydrogen-bond acceptors (Lipinski definition) is 4. The van der Waals surface area contributed by atoms with Crippen LogP contribution in [0.3, 0.4) is 0 Å². The Morgan fingerprint density at radius 1 is 0.815 bits per heavy atom. The van der Waals surface area contributed by atoms with E-state index in [4.69, 9.17) is 0 Å². The van der Waals surface area contributed by atoms with Crippen molar-refractivity contribution in [2.75, 3.05) is 37.7 Å². The molecule has 0 aromatic heterocycles. The number of hydrogen-bond donors (Lipinski definition) is 0. The van der Waals surface area contributed by atoms with Gasteiger partial charge >= 0.3 is 0 Å². The molecule has 140 valence electrons. The molecule has 0 radical (unpaired) electrons. The first-order chi connectivity index (χ1) is 13.2. The standard InChI is InChI=1S/C22H25N3O2/c26-21-16-19(15-18-7-3-1-4-8-18)22(27)25(21)17-23-11-13-24(14-12-23)20-9-5-2-6-10-20/h1-10,19H,11-17H2.